The molecule has 0 radical (unpaired) electrons. The summed E-state index contributed by atoms with van der Waals surface area (Å²) in [5.74, 6) is 0.382. The highest BCUT2D eigenvalue weighted by Crippen LogP contribution is 2.24. The number of nitrogens with two attached hydrogens (primary N) is 1. The highest BCUT2D eigenvalue weighted by molar-refractivity contribution is 5.48. The number of benzene rings is 1. The summed E-state index contributed by atoms with van der Waals surface area (Å²) in [5.41, 5.74) is 6.62. The van der Waals surface area contributed by atoms with Gasteiger partial charge in [0.25, 0.3) is 0 Å². The molecule has 1 aliphatic heterocycles. The van der Waals surface area contributed by atoms with E-state index in [9.17, 15) is 4.39 Å². The van der Waals surface area contributed by atoms with E-state index in [1.807, 2.05) is 17.0 Å². The van der Waals surface area contributed by atoms with Gasteiger partial charge in [-0.15, -0.1) is 0 Å². The van der Waals surface area contributed by atoms with Crippen LogP contribution in [0.5, 0.6) is 0 Å². The van der Waals surface area contributed by atoms with Crippen molar-refractivity contribution in [1.82, 2.24) is 0 Å². The number of rotatable bonds is 1. The van der Waals surface area contributed by atoms with Crippen LogP contribution in [0.1, 0.15) is 13.3 Å². The summed E-state index contributed by atoms with van der Waals surface area (Å²) in [4.78, 5) is 2.05. The van der Waals surface area contributed by atoms with Crippen molar-refractivity contribution in [1.29, 1.82) is 0 Å². The molecule has 0 aromatic heterocycles. The van der Waals surface area contributed by atoms with Crippen LogP contribution in [0.15, 0.2) is 24.3 Å². The first-order valence-corrected chi connectivity index (χ1v) is 5.42. The summed E-state index contributed by atoms with van der Waals surface area (Å²) in [7, 11) is 0. The predicted molar refractivity (Wildman–Crippen MR) is 60.4 cm³/mol. The lowest BCUT2D eigenvalue weighted by Gasteiger charge is -2.36. The monoisotopic (exact) mass is 208 g/mol. The zero-order chi connectivity index (χ0) is 10.8. The standard InChI is InChI=1S/C12H17FN2/c1-9-6-10(14)8-15(7-9)12-5-3-2-4-11(12)13/h2-5,9-10H,6-8,14H2,1H3. The summed E-state index contributed by atoms with van der Waals surface area (Å²) >= 11 is 0. The zero-order valence-electron chi connectivity index (χ0n) is 8.99. The Bertz CT molecular complexity index is 330. The minimum atomic E-state index is -0.154. The van der Waals surface area contributed by atoms with E-state index in [1.54, 1.807) is 6.07 Å². The fraction of sp³-hybridized carbons (Fsp3) is 0.500. The Morgan fingerprint density at radius 1 is 1.33 bits per heavy atom. The van der Waals surface area contributed by atoms with Crippen LogP contribution < -0.4 is 10.6 Å². The van der Waals surface area contributed by atoms with Crippen LogP contribution in [0.3, 0.4) is 0 Å². The molecule has 1 aromatic rings. The maximum atomic E-state index is 13.5. The molecule has 1 aliphatic rings. The SMILES string of the molecule is CC1CC(N)CN(c2ccccc2F)C1. The normalized spacial score (nSPS) is 26.7. The van der Waals surface area contributed by atoms with Crippen LogP contribution in [0.25, 0.3) is 0 Å². The average Bonchev–Trinajstić information content (AvgIpc) is 2.16. The van der Waals surface area contributed by atoms with E-state index in [4.69, 9.17) is 5.73 Å². The number of halogens is 1. The Morgan fingerprint density at radius 3 is 2.73 bits per heavy atom. The van der Waals surface area contributed by atoms with Crippen molar-refractivity contribution in [3.63, 3.8) is 0 Å². The first kappa shape index (κ1) is 10.4. The first-order chi connectivity index (χ1) is 7.16. The second-order valence-electron chi connectivity index (χ2n) is 4.46. The highest BCUT2D eigenvalue weighted by Gasteiger charge is 2.23. The number of nitrogens with zero attached hydrogens (tertiary/aromatic N) is 1. The summed E-state index contributed by atoms with van der Waals surface area (Å²) in [6.45, 7) is 3.81. The van der Waals surface area contributed by atoms with Gasteiger partial charge in [0.15, 0.2) is 0 Å². The number of hydrogen-bond donors (Lipinski definition) is 1. The van der Waals surface area contributed by atoms with E-state index in [1.165, 1.54) is 6.07 Å². The van der Waals surface area contributed by atoms with Gasteiger partial charge in [0, 0.05) is 19.1 Å². The van der Waals surface area contributed by atoms with Gasteiger partial charge in [0.1, 0.15) is 5.82 Å². The van der Waals surface area contributed by atoms with Crippen molar-refractivity contribution >= 4 is 5.69 Å². The zero-order valence-corrected chi connectivity index (χ0v) is 8.99. The van der Waals surface area contributed by atoms with E-state index in [0.717, 1.165) is 19.5 Å². The van der Waals surface area contributed by atoms with Gasteiger partial charge in [-0.2, -0.15) is 0 Å². The van der Waals surface area contributed by atoms with Crippen molar-refractivity contribution in [2.24, 2.45) is 11.7 Å². The van der Waals surface area contributed by atoms with Gasteiger partial charge in [0.2, 0.25) is 0 Å². The molecule has 82 valence electrons. The molecule has 2 atom stereocenters. The van der Waals surface area contributed by atoms with Gasteiger partial charge < -0.3 is 10.6 Å². The first-order valence-electron chi connectivity index (χ1n) is 5.42. The summed E-state index contributed by atoms with van der Waals surface area (Å²) in [6, 6.07) is 7.06. The Hall–Kier alpha value is -1.09. The molecule has 15 heavy (non-hydrogen) atoms. The molecule has 2 rings (SSSR count). The molecule has 1 aromatic carbocycles. The van der Waals surface area contributed by atoms with Gasteiger partial charge in [0.05, 0.1) is 5.69 Å². The molecular weight excluding hydrogens is 191 g/mol. The van der Waals surface area contributed by atoms with Crippen molar-refractivity contribution < 1.29 is 4.39 Å². The van der Waals surface area contributed by atoms with Crippen LogP contribution in [0.2, 0.25) is 0 Å². The number of piperidine rings is 1. The van der Waals surface area contributed by atoms with Gasteiger partial charge in [-0.1, -0.05) is 19.1 Å². The third-order valence-electron chi connectivity index (χ3n) is 2.89. The molecule has 2 N–H and O–H groups in total. The average molecular weight is 208 g/mol. The number of hydrogen-bond acceptors (Lipinski definition) is 2. The molecule has 1 saturated heterocycles. The minimum absolute atomic E-state index is 0.154. The predicted octanol–water partition coefficient (Wildman–Crippen LogP) is 2.00. The van der Waals surface area contributed by atoms with Crippen LogP contribution in [0.4, 0.5) is 10.1 Å². The molecule has 0 aliphatic carbocycles. The Morgan fingerprint density at radius 2 is 2.07 bits per heavy atom. The van der Waals surface area contributed by atoms with E-state index < -0.39 is 0 Å². The van der Waals surface area contributed by atoms with Crippen molar-refractivity contribution in [2.45, 2.75) is 19.4 Å². The molecular formula is C12H17FN2. The minimum Gasteiger partial charge on any atom is -0.367 e. The molecule has 0 bridgehead atoms. The van der Waals surface area contributed by atoms with E-state index in [0.29, 0.717) is 11.6 Å². The van der Waals surface area contributed by atoms with Gasteiger partial charge >= 0.3 is 0 Å². The highest BCUT2D eigenvalue weighted by atomic mass is 19.1. The maximum absolute atomic E-state index is 13.5. The third-order valence-corrected chi connectivity index (χ3v) is 2.89. The third kappa shape index (κ3) is 2.29. The molecule has 0 saturated carbocycles. The van der Waals surface area contributed by atoms with E-state index in [2.05, 4.69) is 6.92 Å². The second-order valence-corrected chi connectivity index (χ2v) is 4.46. The Labute approximate surface area is 89.9 Å². The van der Waals surface area contributed by atoms with Gasteiger partial charge in [-0.25, -0.2) is 4.39 Å². The summed E-state index contributed by atoms with van der Waals surface area (Å²) < 4.78 is 13.5. The molecule has 0 amide bonds. The number of para-hydroxylation sites is 1. The molecule has 0 spiro atoms. The van der Waals surface area contributed by atoms with Crippen molar-refractivity contribution in [3.05, 3.63) is 30.1 Å². The smallest absolute Gasteiger partial charge is 0.146 e. The molecule has 1 fully saturated rings. The van der Waals surface area contributed by atoms with Crippen LogP contribution in [0, 0.1) is 11.7 Å². The van der Waals surface area contributed by atoms with Crippen molar-refractivity contribution in [2.75, 3.05) is 18.0 Å². The molecule has 3 heteroatoms. The van der Waals surface area contributed by atoms with Crippen LogP contribution in [-0.4, -0.2) is 19.1 Å². The van der Waals surface area contributed by atoms with Crippen LogP contribution in [-0.2, 0) is 0 Å². The molecule has 2 nitrogen and oxygen atoms in total. The Balaban J connectivity index is 2.20. The van der Waals surface area contributed by atoms with Crippen LogP contribution >= 0.6 is 0 Å². The number of anilines is 1. The van der Waals surface area contributed by atoms with Gasteiger partial charge in [-0.3, -0.25) is 0 Å². The fourth-order valence-corrected chi connectivity index (χ4v) is 2.30. The van der Waals surface area contributed by atoms with Gasteiger partial charge in [-0.05, 0) is 24.5 Å². The summed E-state index contributed by atoms with van der Waals surface area (Å²) in [6.07, 6.45) is 1.03. The lowest BCUT2D eigenvalue weighted by atomic mass is 9.96. The Kier molecular flexibility index (Phi) is 2.91. The lowest BCUT2D eigenvalue weighted by Crippen LogP contribution is -2.46. The quantitative estimate of drug-likeness (QED) is 0.765. The van der Waals surface area contributed by atoms with E-state index in [-0.39, 0.29) is 11.9 Å². The lowest BCUT2D eigenvalue weighted by molar-refractivity contribution is 0.398. The largest absolute Gasteiger partial charge is 0.367 e. The summed E-state index contributed by atoms with van der Waals surface area (Å²) in [5, 5.41) is 0. The topological polar surface area (TPSA) is 29.3 Å². The second kappa shape index (κ2) is 4.19. The molecule has 1 heterocycles. The van der Waals surface area contributed by atoms with E-state index >= 15 is 0 Å². The fourth-order valence-electron chi connectivity index (χ4n) is 2.30. The van der Waals surface area contributed by atoms with Crippen molar-refractivity contribution in [3.8, 4) is 0 Å². The molecule has 2 unspecified atom stereocenters. The maximum Gasteiger partial charge on any atom is 0.146 e.